The fraction of sp³-hybridized carbons (Fsp3) is 0.364. The molecule has 0 fully saturated rings. The Morgan fingerprint density at radius 3 is 2.53 bits per heavy atom. The van der Waals surface area contributed by atoms with Gasteiger partial charge in [0.25, 0.3) is 0 Å². The van der Waals surface area contributed by atoms with Crippen LogP contribution in [0.2, 0.25) is 9.88 Å². The number of allylic oxidation sites excluding steroid dienone is 2. The Bertz CT molecular complexity index is 363. The van der Waals surface area contributed by atoms with Crippen molar-refractivity contribution in [1.82, 2.24) is 9.78 Å². The Kier molecular flexibility index (Phi) is 6.44. The third-order valence-corrected chi connectivity index (χ3v) is 1.74. The van der Waals surface area contributed by atoms with Crippen molar-refractivity contribution in [3.63, 3.8) is 0 Å². The number of hydrogen-bond donors (Lipinski definition) is 0. The van der Waals surface area contributed by atoms with Crippen molar-refractivity contribution in [2.24, 2.45) is 0 Å². The minimum absolute atomic E-state index is 0.245. The average molecular weight is 380 g/mol. The van der Waals surface area contributed by atoms with Crippen molar-refractivity contribution in [1.29, 1.82) is 0 Å². The minimum atomic E-state index is -2.24. The molecule has 0 amide bonds. The van der Waals surface area contributed by atoms with Crippen LogP contribution in [0, 0.1) is 0 Å². The molecule has 0 aromatic carbocycles. The van der Waals surface area contributed by atoms with Crippen molar-refractivity contribution in [2.75, 3.05) is 0 Å². The molecule has 0 N–H and O–H groups in total. The molecule has 0 spiro atoms. The van der Waals surface area contributed by atoms with E-state index in [1.807, 2.05) is 45.2 Å². The molecule has 1 atom stereocenters. The van der Waals surface area contributed by atoms with Gasteiger partial charge in [-0.25, -0.2) is 0 Å². The summed E-state index contributed by atoms with van der Waals surface area (Å²) in [6, 6.07) is 2.16. The SMILES string of the molecule is C1=C[N-]C(Cn2cccn2)C=C1.[CH3][Sn]([CH3])([Cl])[Cl]. The number of nitrogens with zero attached hydrogens (tertiary/aromatic N) is 3. The molecule has 2 rings (SSSR count). The van der Waals surface area contributed by atoms with Gasteiger partial charge in [-0.15, -0.1) is 0 Å². The predicted molar refractivity (Wildman–Crippen MR) is 76.8 cm³/mol. The first-order chi connectivity index (χ1) is 7.95. The monoisotopic (exact) mass is 380 g/mol. The van der Waals surface area contributed by atoms with E-state index in [4.69, 9.17) is 17.8 Å². The Morgan fingerprint density at radius 1 is 1.35 bits per heavy atom. The number of aromatic nitrogens is 2. The summed E-state index contributed by atoms with van der Waals surface area (Å²) in [7, 11) is 11.0. The molecule has 0 saturated heterocycles. The molecule has 0 radical (unpaired) electrons. The van der Waals surface area contributed by atoms with Gasteiger partial charge in [0.1, 0.15) is 0 Å². The van der Waals surface area contributed by atoms with E-state index in [1.165, 1.54) is 0 Å². The zero-order valence-corrected chi connectivity index (χ0v) is 14.3. The Morgan fingerprint density at radius 2 is 2.06 bits per heavy atom. The van der Waals surface area contributed by atoms with E-state index in [0.29, 0.717) is 0 Å². The van der Waals surface area contributed by atoms with Gasteiger partial charge in [-0.05, 0) is 6.07 Å². The van der Waals surface area contributed by atoms with Crippen LogP contribution < -0.4 is 0 Å². The summed E-state index contributed by atoms with van der Waals surface area (Å²) in [5, 5.41) is 8.39. The van der Waals surface area contributed by atoms with Crippen LogP contribution in [0.1, 0.15) is 0 Å². The van der Waals surface area contributed by atoms with E-state index in [1.54, 1.807) is 6.20 Å². The standard InChI is InChI=1S/C9H10N3.2CH3.2ClH.Sn/c1-2-5-10-9(4-1)8-12-7-3-6-11-12;;;;;/h1-7,9H,8H2;2*1H3;2*1H;/q-1;;;;;+2/p-2. The Balaban J connectivity index is 0.000000249. The van der Waals surface area contributed by atoms with Crippen LogP contribution in [0.25, 0.3) is 5.32 Å². The van der Waals surface area contributed by atoms with E-state index >= 15 is 0 Å². The first-order valence-electron chi connectivity index (χ1n) is 5.34. The van der Waals surface area contributed by atoms with Crippen LogP contribution in [0.4, 0.5) is 0 Å². The molecule has 17 heavy (non-hydrogen) atoms. The topological polar surface area (TPSA) is 31.9 Å². The third kappa shape index (κ3) is 8.57. The van der Waals surface area contributed by atoms with Crippen molar-refractivity contribution in [2.45, 2.75) is 22.5 Å². The van der Waals surface area contributed by atoms with Crippen LogP contribution in [0.15, 0.2) is 42.9 Å². The summed E-state index contributed by atoms with van der Waals surface area (Å²) < 4.78 is 1.89. The summed E-state index contributed by atoms with van der Waals surface area (Å²) in [5.41, 5.74) is 0. The van der Waals surface area contributed by atoms with Gasteiger partial charge in [-0.1, -0.05) is 24.3 Å². The van der Waals surface area contributed by atoms with Crippen molar-refractivity contribution >= 4 is 34.0 Å². The zero-order chi connectivity index (χ0) is 12.7. The van der Waals surface area contributed by atoms with E-state index in [9.17, 15) is 0 Å². The molecule has 1 aromatic heterocycles. The first-order valence-corrected chi connectivity index (χ1v) is 18.3. The summed E-state index contributed by atoms with van der Waals surface area (Å²) in [6.07, 6.45) is 11.6. The van der Waals surface area contributed by atoms with E-state index in [-0.39, 0.29) is 6.04 Å². The molecule has 94 valence electrons. The molecule has 3 nitrogen and oxygen atoms in total. The van der Waals surface area contributed by atoms with Crippen molar-refractivity contribution in [3.8, 4) is 0 Å². The molecule has 0 aliphatic carbocycles. The zero-order valence-electron chi connectivity index (χ0n) is 9.92. The van der Waals surface area contributed by atoms with E-state index in [2.05, 4.69) is 16.5 Å². The van der Waals surface area contributed by atoms with E-state index < -0.39 is 16.1 Å². The Labute approximate surface area is 114 Å². The molecule has 6 heteroatoms. The van der Waals surface area contributed by atoms with Gasteiger partial charge in [0, 0.05) is 18.9 Å². The molecule has 0 bridgehead atoms. The van der Waals surface area contributed by atoms with E-state index in [0.717, 1.165) is 6.54 Å². The van der Waals surface area contributed by atoms with Crippen molar-refractivity contribution in [3.05, 3.63) is 48.2 Å². The fourth-order valence-electron chi connectivity index (χ4n) is 1.16. The normalized spacial score (nSPS) is 18.2. The molecule has 1 unspecified atom stereocenters. The van der Waals surface area contributed by atoms with Crippen LogP contribution in [0.5, 0.6) is 0 Å². The predicted octanol–water partition coefficient (Wildman–Crippen LogP) is 3.87. The molecule has 1 aliphatic rings. The number of hydrogen-bond acceptors (Lipinski definition) is 1. The van der Waals surface area contributed by atoms with Crippen LogP contribution in [0.3, 0.4) is 0 Å². The second-order valence-electron chi connectivity index (χ2n) is 4.00. The van der Waals surface area contributed by atoms with Gasteiger partial charge in [0.05, 0.1) is 0 Å². The van der Waals surface area contributed by atoms with Gasteiger partial charge < -0.3 is 5.32 Å². The molecular weight excluding hydrogens is 364 g/mol. The second-order valence-corrected chi connectivity index (χ2v) is 25.6. The maximum atomic E-state index is 5.51. The van der Waals surface area contributed by atoms with Gasteiger partial charge in [0.15, 0.2) is 0 Å². The van der Waals surface area contributed by atoms with Crippen molar-refractivity contribution < 1.29 is 0 Å². The summed E-state index contributed by atoms with van der Waals surface area (Å²) in [5.74, 6) is 0. The number of halogens is 2. The van der Waals surface area contributed by atoms with Gasteiger partial charge in [0.2, 0.25) is 0 Å². The van der Waals surface area contributed by atoms with Gasteiger partial charge in [-0.3, -0.25) is 4.68 Å². The fourth-order valence-corrected chi connectivity index (χ4v) is 1.16. The third-order valence-electron chi connectivity index (χ3n) is 1.74. The molecule has 1 aliphatic heterocycles. The maximum absolute atomic E-state index is 5.51. The average Bonchev–Trinajstić information content (AvgIpc) is 2.69. The molecule has 1 aromatic rings. The quantitative estimate of drug-likeness (QED) is 0.718. The van der Waals surface area contributed by atoms with Crippen LogP contribution >= 0.6 is 17.8 Å². The Hall–Kier alpha value is -0.131. The molecular formula is C11H16Cl2N3Sn-. The van der Waals surface area contributed by atoms with Crippen LogP contribution in [-0.4, -0.2) is 31.9 Å². The summed E-state index contributed by atoms with van der Waals surface area (Å²) >= 11 is -2.24. The summed E-state index contributed by atoms with van der Waals surface area (Å²) in [4.78, 5) is 3.86. The first kappa shape index (κ1) is 14.9. The second kappa shape index (κ2) is 7.34. The van der Waals surface area contributed by atoms with Crippen LogP contribution in [-0.2, 0) is 6.54 Å². The summed E-state index contributed by atoms with van der Waals surface area (Å²) in [6.45, 7) is 0.827. The van der Waals surface area contributed by atoms with Gasteiger partial charge in [-0.2, -0.15) is 11.3 Å². The van der Waals surface area contributed by atoms with Gasteiger partial charge >= 0.3 is 43.8 Å². The molecule has 2 heterocycles. The molecule has 0 saturated carbocycles. The number of rotatable bonds is 2.